The largest absolute Gasteiger partial charge is 0.488 e. The first-order chi connectivity index (χ1) is 15.0. The molecule has 160 valence electrons. The molecule has 0 N–H and O–H groups in total. The molecular formula is C23H20Br2N2O3S. The Morgan fingerprint density at radius 2 is 1.97 bits per heavy atom. The number of carbonyl (C=O) groups is 1. The zero-order valence-electron chi connectivity index (χ0n) is 17.0. The summed E-state index contributed by atoms with van der Waals surface area (Å²) in [6.07, 6.45) is 1.95. The Labute approximate surface area is 202 Å². The van der Waals surface area contributed by atoms with Gasteiger partial charge in [-0.3, -0.25) is 0 Å². The second kappa shape index (κ2) is 9.63. The van der Waals surface area contributed by atoms with E-state index in [-0.39, 0.29) is 12.0 Å². The van der Waals surface area contributed by atoms with Gasteiger partial charge >= 0.3 is 5.97 Å². The van der Waals surface area contributed by atoms with E-state index in [2.05, 4.69) is 36.9 Å². The van der Waals surface area contributed by atoms with Gasteiger partial charge in [-0.1, -0.05) is 45.9 Å². The van der Waals surface area contributed by atoms with Crippen molar-refractivity contribution in [2.45, 2.75) is 26.5 Å². The summed E-state index contributed by atoms with van der Waals surface area (Å²) in [6.45, 7) is 4.44. The van der Waals surface area contributed by atoms with Crippen molar-refractivity contribution < 1.29 is 14.3 Å². The monoisotopic (exact) mass is 562 g/mol. The average Bonchev–Trinajstić information content (AvgIpc) is 3.21. The van der Waals surface area contributed by atoms with Crippen LogP contribution in [0.2, 0.25) is 0 Å². The average molecular weight is 564 g/mol. The summed E-state index contributed by atoms with van der Waals surface area (Å²) in [5.41, 5.74) is 3.25. The molecule has 31 heavy (non-hydrogen) atoms. The number of aliphatic imine (C=N–C) groups is 1. The lowest BCUT2D eigenvalue weighted by Crippen LogP contribution is -2.34. The molecule has 0 saturated heterocycles. The zero-order valence-corrected chi connectivity index (χ0v) is 21.0. The van der Waals surface area contributed by atoms with Crippen molar-refractivity contribution in [2.24, 2.45) is 4.99 Å². The third kappa shape index (κ3) is 4.76. The summed E-state index contributed by atoms with van der Waals surface area (Å²) in [7, 11) is 0. The van der Waals surface area contributed by atoms with E-state index >= 15 is 0 Å². The molecule has 4 rings (SSSR count). The second-order valence-corrected chi connectivity index (χ2v) is 9.57. The fourth-order valence-corrected chi connectivity index (χ4v) is 5.01. The molecule has 0 aliphatic carbocycles. The third-order valence-corrected chi connectivity index (χ3v) is 6.81. The standard InChI is InChI=1S/C23H20Br2N2O3S/c1-3-29-22(28)20-14(2)26-23-27(10-11-31-23)21(20)16-6-9-19(18(25)12-16)30-13-15-4-7-17(24)8-5-15/h4-12,21H,3,13H2,1-2H3/t21-/m1/s1. The van der Waals surface area contributed by atoms with E-state index < -0.39 is 0 Å². The SMILES string of the molecule is CCOC(=O)C1=C(C)N=C2SC=CN2[C@@H]1c1ccc(OCc2ccc(Br)cc2)c(Br)c1. The number of benzene rings is 2. The highest BCUT2D eigenvalue weighted by Crippen LogP contribution is 2.42. The van der Waals surface area contributed by atoms with Gasteiger partial charge in [0, 0.05) is 10.7 Å². The van der Waals surface area contributed by atoms with E-state index in [0.29, 0.717) is 24.5 Å². The number of fused-ring (bicyclic) bond motifs is 1. The molecule has 0 saturated carbocycles. The predicted molar refractivity (Wildman–Crippen MR) is 131 cm³/mol. The molecule has 2 aromatic rings. The van der Waals surface area contributed by atoms with Crippen molar-refractivity contribution in [2.75, 3.05) is 6.61 Å². The topological polar surface area (TPSA) is 51.1 Å². The van der Waals surface area contributed by atoms with Crippen LogP contribution in [-0.2, 0) is 16.1 Å². The van der Waals surface area contributed by atoms with E-state index in [0.717, 1.165) is 31.0 Å². The Bertz CT molecular complexity index is 1100. The van der Waals surface area contributed by atoms with Gasteiger partial charge in [0.25, 0.3) is 0 Å². The van der Waals surface area contributed by atoms with Crippen molar-refractivity contribution in [3.8, 4) is 5.75 Å². The molecule has 1 atom stereocenters. The Kier molecular flexibility index (Phi) is 6.89. The summed E-state index contributed by atoms with van der Waals surface area (Å²) in [5, 5.41) is 2.82. The highest BCUT2D eigenvalue weighted by molar-refractivity contribution is 9.10. The highest BCUT2D eigenvalue weighted by Gasteiger charge is 2.37. The van der Waals surface area contributed by atoms with Gasteiger partial charge in [0.05, 0.1) is 28.4 Å². The number of allylic oxidation sites excluding steroid dienone is 1. The molecule has 0 fully saturated rings. The second-order valence-electron chi connectivity index (χ2n) is 6.93. The Morgan fingerprint density at radius 3 is 2.68 bits per heavy atom. The van der Waals surface area contributed by atoms with Crippen molar-refractivity contribution in [3.05, 3.63) is 85.4 Å². The molecule has 0 radical (unpaired) electrons. The number of ether oxygens (including phenoxy) is 2. The lowest BCUT2D eigenvalue weighted by atomic mass is 9.95. The molecule has 5 nitrogen and oxygen atoms in total. The highest BCUT2D eigenvalue weighted by atomic mass is 79.9. The first-order valence-corrected chi connectivity index (χ1v) is 12.2. The molecule has 2 aromatic carbocycles. The number of amidine groups is 1. The Hall–Kier alpha value is -2.03. The maximum absolute atomic E-state index is 12.8. The molecule has 0 amide bonds. The van der Waals surface area contributed by atoms with Crippen molar-refractivity contribution in [1.82, 2.24) is 4.90 Å². The van der Waals surface area contributed by atoms with Crippen LogP contribution in [0.1, 0.15) is 31.0 Å². The van der Waals surface area contributed by atoms with Gasteiger partial charge < -0.3 is 14.4 Å². The van der Waals surface area contributed by atoms with Gasteiger partial charge in [0.1, 0.15) is 12.4 Å². The molecule has 0 bridgehead atoms. The van der Waals surface area contributed by atoms with E-state index in [1.165, 1.54) is 11.8 Å². The molecule has 0 aromatic heterocycles. The van der Waals surface area contributed by atoms with Crippen molar-refractivity contribution in [1.29, 1.82) is 0 Å². The minimum absolute atomic E-state index is 0.311. The van der Waals surface area contributed by atoms with Crippen LogP contribution in [0.15, 0.2) is 79.3 Å². The van der Waals surface area contributed by atoms with Crippen LogP contribution in [0.3, 0.4) is 0 Å². The molecule has 2 heterocycles. The maximum Gasteiger partial charge on any atom is 0.338 e. The van der Waals surface area contributed by atoms with Crippen LogP contribution in [0.5, 0.6) is 5.75 Å². The Balaban J connectivity index is 1.62. The van der Waals surface area contributed by atoms with Crippen molar-refractivity contribution in [3.63, 3.8) is 0 Å². The van der Waals surface area contributed by atoms with Gasteiger partial charge in [0.15, 0.2) is 5.17 Å². The fourth-order valence-electron chi connectivity index (χ4n) is 3.44. The summed E-state index contributed by atoms with van der Waals surface area (Å²) in [6, 6.07) is 13.6. The minimum atomic E-state index is -0.343. The normalized spacial score (nSPS) is 17.5. The van der Waals surface area contributed by atoms with Gasteiger partial charge in [-0.25, -0.2) is 9.79 Å². The maximum atomic E-state index is 12.8. The van der Waals surface area contributed by atoms with E-state index in [9.17, 15) is 4.79 Å². The van der Waals surface area contributed by atoms with Gasteiger partial charge in [-0.15, -0.1) is 0 Å². The summed E-state index contributed by atoms with van der Waals surface area (Å²) in [5.74, 6) is 0.394. The first-order valence-electron chi connectivity index (χ1n) is 9.73. The fraction of sp³-hybridized carbons (Fsp3) is 0.217. The van der Waals surface area contributed by atoms with Crippen LogP contribution in [-0.4, -0.2) is 22.6 Å². The van der Waals surface area contributed by atoms with Crippen LogP contribution in [0, 0.1) is 0 Å². The molecule has 0 spiro atoms. The first kappa shape index (κ1) is 22.2. The Morgan fingerprint density at radius 1 is 1.19 bits per heavy atom. The number of carbonyl (C=O) groups excluding carboxylic acids is 1. The number of thioether (sulfide) groups is 1. The van der Waals surface area contributed by atoms with Crippen LogP contribution < -0.4 is 4.74 Å². The van der Waals surface area contributed by atoms with Crippen LogP contribution in [0.4, 0.5) is 0 Å². The number of halogens is 2. The molecule has 2 aliphatic rings. The molecule has 8 heteroatoms. The van der Waals surface area contributed by atoms with Crippen LogP contribution >= 0.6 is 43.6 Å². The van der Waals surface area contributed by atoms with E-state index in [1.54, 1.807) is 6.92 Å². The number of rotatable bonds is 6. The molecule has 2 aliphatic heterocycles. The zero-order chi connectivity index (χ0) is 22.0. The van der Waals surface area contributed by atoms with E-state index in [4.69, 9.17) is 9.47 Å². The predicted octanol–water partition coefficient (Wildman–Crippen LogP) is 6.56. The smallest absolute Gasteiger partial charge is 0.338 e. The quantitative estimate of drug-likeness (QED) is 0.373. The van der Waals surface area contributed by atoms with Gasteiger partial charge in [-0.2, -0.15) is 0 Å². The summed E-state index contributed by atoms with van der Waals surface area (Å²) in [4.78, 5) is 19.4. The van der Waals surface area contributed by atoms with Gasteiger partial charge in [-0.05, 0) is 70.6 Å². The molecular weight excluding hydrogens is 544 g/mol. The van der Waals surface area contributed by atoms with E-state index in [1.807, 2.05) is 65.9 Å². The summed E-state index contributed by atoms with van der Waals surface area (Å²) < 4.78 is 13.2. The number of esters is 1. The minimum Gasteiger partial charge on any atom is -0.488 e. The number of hydrogen-bond donors (Lipinski definition) is 0. The lowest BCUT2D eigenvalue weighted by molar-refractivity contribution is -0.139. The summed E-state index contributed by atoms with van der Waals surface area (Å²) >= 11 is 8.62. The lowest BCUT2D eigenvalue weighted by Gasteiger charge is -2.33. The van der Waals surface area contributed by atoms with Gasteiger partial charge in [0.2, 0.25) is 0 Å². The van der Waals surface area contributed by atoms with Crippen LogP contribution in [0.25, 0.3) is 0 Å². The number of hydrogen-bond acceptors (Lipinski definition) is 6. The van der Waals surface area contributed by atoms with Crippen molar-refractivity contribution >= 4 is 54.8 Å². The third-order valence-electron chi connectivity index (χ3n) is 4.90. The molecule has 0 unspecified atom stereocenters. The number of nitrogens with zero attached hydrogens (tertiary/aromatic N) is 2.